The molecule has 96 valence electrons. The molecule has 0 saturated heterocycles. The molecule has 2 aromatic rings. The first-order valence-electron chi connectivity index (χ1n) is 6.69. The van der Waals surface area contributed by atoms with Crippen molar-refractivity contribution in [2.24, 2.45) is 5.92 Å². The SMILES string of the molecule is N#CC[C@@H]1CC[C@H](Nc2ccnc3ccncc23)C1. The molecular weight excluding hydrogens is 236 g/mol. The smallest absolute Gasteiger partial charge is 0.0753 e. The van der Waals surface area contributed by atoms with Crippen molar-refractivity contribution < 1.29 is 0 Å². The third kappa shape index (κ3) is 2.50. The van der Waals surface area contributed by atoms with Crippen LogP contribution in [0.1, 0.15) is 25.7 Å². The monoisotopic (exact) mass is 252 g/mol. The average molecular weight is 252 g/mol. The zero-order chi connectivity index (χ0) is 13.1. The van der Waals surface area contributed by atoms with E-state index >= 15 is 0 Å². The van der Waals surface area contributed by atoms with E-state index in [1.54, 1.807) is 6.20 Å². The van der Waals surface area contributed by atoms with Crippen LogP contribution in [-0.2, 0) is 0 Å². The van der Waals surface area contributed by atoms with Gasteiger partial charge in [0.15, 0.2) is 0 Å². The molecule has 0 aromatic carbocycles. The van der Waals surface area contributed by atoms with Gasteiger partial charge in [0.1, 0.15) is 0 Å². The predicted octanol–water partition coefficient (Wildman–Crippen LogP) is 3.12. The number of nitrogens with one attached hydrogen (secondary N) is 1. The Morgan fingerprint density at radius 3 is 3.16 bits per heavy atom. The standard InChI is InChI=1S/C15H16N4/c16-6-3-11-1-2-12(9-11)19-15-5-8-18-14-4-7-17-10-13(14)15/h4-5,7-8,10-12H,1-3,9H2,(H,18,19)/t11-,12-/m0/s1. The summed E-state index contributed by atoms with van der Waals surface area (Å²) in [5, 5.41) is 13.4. The van der Waals surface area contributed by atoms with Crippen LogP contribution < -0.4 is 5.32 Å². The van der Waals surface area contributed by atoms with Crippen molar-refractivity contribution in [2.75, 3.05) is 5.32 Å². The molecule has 1 N–H and O–H groups in total. The molecule has 0 radical (unpaired) electrons. The van der Waals surface area contributed by atoms with Crippen LogP contribution in [-0.4, -0.2) is 16.0 Å². The van der Waals surface area contributed by atoms with Crippen LogP contribution in [0, 0.1) is 17.2 Å². The Kier molecular flexibility index (Phi) is 3.28. The van der Waals surface area contributed by atoms with Gasteiger partial charge in [0.2, 0.25) is 0 Å². The molecule has 19 heavy (non-hydrogen) atoms. The summed E-state index contributed by atoms with van der Waals surface area (Å²) in [4.78, 5) is 8.51. The molecule has 0 amide bonds. The number of nitriles is 1. The number of fused-ring (bicyclic) bond motifs is 1. The lowest BCUT2D eigenvalue weighted by atomic mass is 10.1. The van der Waals surface area contributed by atoms with Gasteiger partial charge < -0.3 is 5.32 Å². The molecule has 0 unspecified atom stereocenters. The minimum absolute atomic E-state index is 0.462. The van der Waals surface area contributed by atoms with Gasteiger partial charge in [-0.1, -0.05) is 0 Å². The fraction of sp³-hybridized carbons (Fsp3) is 0.400. The number of hydrogen-bond donors (Lipinski definition) is 1. The normalized spacial score (nSPS) is 22.3. The summed E-state index contributed by atoms with van der Waals surface area (Å²) < 4.78 is 0. The highest BCUT2D eigenvalue weighted by molar-refractivity contribution is 5.90. The van der Waals surface area contributed by atoms with E-state index in [1.807, 2.05) is 24.5 Å². The van der Waals surface area contributed by atoms with Crippen LogP contribution in [0.2, 0.25) is 0 Å². The zero-order valence-electron chi connectivity index (χ0n) is 10.7. The van der Waals surface area contributed by atoms with E-state index in [1.165, 1.54) is 0 Å². The van der Waals surface area contributed by atoms with Gasteiger partial charge in [0.05, 0.1) is 11.6 Å². The van der Waals surface area contributed by atoms with E-state index in [2.05, 4.69) is 21.4 Å². The molecule has 1 aliphatic carbocycles. The fourth-order valence-corrected chi connectivity index (χ4v) is 2.86. The maximum atomic E-state index is 8.76. The van der Waals surface area contributed by atoms with Gasteiger partial charge in [-0.05, 0) is 37.3 Å². The van der Waals surface area contributed by atoms with Crippen molar-refractivity contribution >= 4 is 16.6 Å². The molecule has 4 nitrogen and oxygen atoms in total. The lowest BCUT2D eigenvalue weighted by molar-refractivity contribution is 0.557. The lowest BCUT2D eigenvalue weighted by Crippen LogP contribution is -2.15. The van der Waals surface area contributed by atoms with Crippen LogP contribution in [0.25, 0.3) is 10.9 Å². The second-order valence-corrected chi connectivity index (χ2v) is 5.13. The highest BCUT2D eigenvalue weighted by atomic mass is 14.9. The van der Waals surface area contributed by atoms with Crippen molar-refractivity contribution in [3.63, 3.8) is 0 Å². The maximum absolute atomic E-state index is 8.76. The summed E-state index contributed by atoms with van der Waals surface area (Å²) in [7, 11) is 0. The number of pyridine rings is 2. The lowest BCUT2D eigenvalue weighted by Gasteiger charge is -2.15. The summed E-state index contributed by atoms with van der Waals surface area (Å²) >= 11 is 0. The summed E-state index contributed by atoms with van der Waals surface area (Å²) in [6, 6.07) is 6.66. The summed E-state index contributed by atoms with van der Waals surface area (Å²) in [5.41, 5.74) is 2.06. The zero-order valence-corrected chi connectivity index (χ0v) is 10.7. The van der Waals surface area contributed by atoms with Crippen molar-refractivity contribution in [1.82, 2.24) is 9.97 Å². The minimum atomic E-state index is 0.462. The molecule has 0 bridgehead atoms. The average Bonchev–Trinajstić information content (AvgIpc) is 2.87. The quantitative estimate of drug-likeness (QED) is 0.911. The Hall–Kier alpha value is -2.15. The van der Waals surface area contributed by atoms with Crippen molar-refractivity contribution in [3.05, 3.63) is 30.7 Å². The highest BCUT2D eigenvalue weighted by Gasteiger charge is 2.24. The molecule has 2 heterocycles. The number of nitrogens with zero attached hydrogens (tertiary/aromatic N) is 3. The van der Waals surface area contributed by atoms with E-state index in [9.17, 15) is 0 Å². The van der Waals surface area contributed by atoms with Crippen molar-refractivity contribution in [3.8, 4) is 6.07 Å². The Morgan fingerprint density at radius 1 is 1.32 bits per heavy atom. The van der Waals surface area contributed by atoms with E-state index in [4.69, 9.17) is 5.26 Å². The summed E-state index contributed by atoms with van der Waals surface area (Å²) in [5.74, 6) is 0.550. The summed E-state index contributed by atoms with van der Waals surface area (Å²) in [6.45, 7) is 0. The van der Waals surface area contributed by atoms with Gasteiger partial charge in [-0.15, -0.1) is 0 Å². The molecule has 2 aromatic heterocycles. The first-order valence-corrected chi connectivity index (χ1v) is 6.69. The topological polar surface area (TPSA) is 61.6 Å². The van der Waals surface area contributed by atoms with Gasteiger partial charge >= 0.3 is 0 Å². The molecule has 1 saturated carbocycles. The molecular formula is C15H16N4. The molecule has 0 spiro atoms. The maximum Gasteiger partial charge on any atom is 0.0753 e. The van der Waals surface area contributed by atoms with Crippen LogP contribution in [0.3, 0.4) is 0 Å². The van der Waals surface area contributed by atoms with Gasteiger partial charge in [-0.25, -0.2) is 0 Å². The van der Waals surface area contributed by atoms with Gasteiger partial charge in [-0.2, -0.15) is 5.26 Å². The van der Waals surface area contributed by atoms with Crippen LogP contribution in [0.15, 0.2) is 30.7 Å². The molecule has 3 rings (SSSR count). The predicted molar refractivity (Wildman–Crippen MR) is 74.5 cm³/mol. The third-order valence-electron chi connectivity index (χ3n) is 3.82. The van der Waals surface area contributed by atoms with E-state index in [0.29, 0.717) is 18.4 Å². The van der Waals surface area contributed by atoms with Gasteiger partial charge in [0.25, 0.3) is 0 Å². The molecule has 1 aliphatic rings. The highest BCUT2D eigenvalue weighted by Crippen LogP contribution is 2.31. The van der Waals surface area contributed by atoms with Gasteiger partial charge in [-0.3, -0.25) is 9.97 Å². The molecule has 4 heteroatoms. The number of hydrogen-bond acceptors (Lipinski definition) is 4. The Morgan fingerprint density at radius 2 is 2.26 bits per heavy atom. The second kappa shape index (κ2) is 5.23. The Balaban J connectivity index is 1.78. The van der Waals surface area contributed by atoms with E-state index < -0.39 is 0 Å². The Bertz CT molecular complexity index is 612. The van der Waals surface area contributed by atoms with Crippen molar-refractivity contribution in [1.29, 1.82) is 5.26 Å². The second-order valence-electron chi connectivity index (χ2n) is 5.13. The molecule has 0 aliphatic heterocycles. The van der Waals surface area contributed by atoms with Gasteiger partial charge in [0, 0.05) is 42.1 Å². The Labute approximate surface area is 112 Å². The number of aromatic nitrogens is 2. The minimum Gasteiger partial charge on any atom is -0.382 e. The first kappa shape index (κ1) is 11.9. The first-order chi connectivity index (χ1) is 9.36. The van der Waals surface area contributed by atoms with E-state index in [-0.39, 0.29) is 0 Å². The number of anilines is 1. The van der Waals surface area contributed by atoms with E-state index in [0.717, 1.165) is 35.9 Å². The summed E-state index contributed by atoms with van der Waals surface area (Å²) in [6.07, 6.45) is 9.48. The molecule has 1 fully saturated rings. The number of rotatable bonds is 3. The fourth-order valence-electron chi connectivity index (χ4n) is 2.86. The van der Waals surface area contributed by atoms with Crippen LogP contribution in [0.5, 0.6) is 0 Å². The molecule has 2 atom stereocenters. The van der Waals surface area contributed by atoms with Crippen LogP contribution in [0.4, 0.5) is 5.69 Å². The largest absolute Gasteiger partial charge is 0.382 e. The van der Waals surface area contributed by atoms with Crippen molar-refractivity contribution in [2.45, 2.75) is 31.7 Å². The third-order valence-corrected chi connectivity index (χ3v) is 3.82. The van der Waals surface area contributed by atoms with Crippen LogP contribution >= 0.6 is 0 Å².